The van der Waals surface area contributed by atoms with E-state index in [9.17, 15) is 0 Å². The van der Waals surface area contributed by atoms with E-state index >= 15 is 0 Å². The summed E-state index contributed by atoms with van der Waals surface area (Å²) in [6.07, 6.45) is 4.49. The molecule has 2 N–H and O–H groups in total. The molecule has 0 unspecified atom stereocenters. The van der Waals surface area contributed by atoms with Crippen LogP contribution in [0.15, 0.2) is 42.7 Å². The van der Waals surface area contributed by atoms with Crippen molar-refractivity contribution in [1.82, 2.24) is 4.98 Å². The van der Waals surface area contributed by atoms with Gasteiger partial charge in [0.15, 0.2) is 0 Å². The molecule has 2 rings (SSSR count). The number of pyridine rings is 1. The summed E-state index contributed by atoms with van der Waals surface area (Å²) in [5.41, 5.74) is 4.28. The van der Waals surface area contributed by atoms with Crippen LogP contribution in [0.4, 0.5) is 17.1 Å². The molecule has 19 heavy (non-hydrogen) atoms. The molecule has 1 aromatic heterocycles. The van der Waals surface area contributed by atoms with Gasteiger partial charge in [0.05, 0.1) is 30.4 Å². The van der Waals surface area contributed by atoms with Gasteiger partial charge in [-0.25, -0.2) is 0 Å². The van der Waals surface area contributed by atoms with Crippen LogP contribution >= 0.6 is 0 Å². The van der Waals surface area contributed by atoms with Crippen LogP contribution in [0.5, 0.6) is 0 Å². The number of hydrogen-bond donors (Lipinski definition) is 2. The molecular formula is C15H19N3O. The lowest BCUT2D eigenvalue weighted by molar-refractivity contribution is 0.202. The quantitative estimate of drug-likeness (QED) is 0.835. The Morgan fingerprint density at radius 3 is 2.74 bits per heavy atom. The van der Waals surface area contributed by atoms with E-state index in [4.69, 9.17) is 4.74 Å². The van der Waals surface area contributed by atoms with Crippen LogP contribution < -0.4 is 10.6 Å². The third kappa shape index (κ3) is 3.69. The topological polar surface area (TPSA) is 46.2 Å². The fourth-order valence-electron chi connectivity index (χ4n) is 1.87. The van der Waals surface area contributed by atoms with Crippen LogP contribution in [-0.2, 0) is 11.2 Å². The first-order chi connectivity index (χ1) is 9.33. The van der Waals surface area contributed by atoms with Crippen molar-refractivity contribution in [3.63, 3.8) is 0 Å². The lowest BCUT2D eigenvalue weighted by Crippen LogP contribution is -2.00. The summed E-state index contributed by atoms with van der Waals surface area (Å²) in [5.74, 6) is 0. The molecule has 0 fully saturated rings. The Hall–Kier alpha value is -2.07. The Morgan fingerprint density at radius 1 is 1.16 bits per heavy atom. The molecule has 0 bridgehead atoms. The van der Waals surface area contributed by atoms with E-state index in [1.54, 1.807) is 13.3 Å². The monoisotopic (exact) mass is 257 g/mol. The average molecular weight is 257 g/mol. The van der Waals surface area contributed by atoms with Crippen molar-refractivity contribution in [3.05, 3.63) is 48.3 Å². The number of methoxy groups -OCH3 is 1. The SMILES string of the molecule is CNc1cncc(Nc2ccccc2CCOC)c1. The third-order valence-electron chi connectivity index (χ3n) is 2.90. The first-order valence-electron chi connectivity index (χ1n) is 6.30. The van der Waals surface area contributed by atoms with E-state index in [-0.39, 0.29) is 0 Å². The van der Waals surface area contributed by atoms with E-state index in [2.05, 4.69) is 27.8 Å². The van der Waals surface area contributed by atoms with Crippen LogP contribution in [0.3, 0.4) is 0 Å². The molecular weight excluding hydrogens is 238 g/mol. The second-order valence-electron chi connectivity index (χ2n) is 4.24. The van der Waals surface area contributed by atoms with Crippen LogP contribution in [0.1, 0.15) is 5.56 Å². The zero-order chi connectivity index (χ0) is 13.5. The highest BCUT2D eigenvalue weighted by Crippen LogP contribution is 2.22. The minimum atomic E-state index is 0.716. The normalized spacial score (nSPS) is 10.2. The van der Waals surface area contributed by atoms with E-state index in [1.807, 2.05) is 31.4 Å². The molecule has 2 aromatic rings. The number of nitrogens with one attached hydrogen (secondary N) is 2. The van der Waals surface area contributed by atoms with Crippen LogP contribution in [0.2, 0.25) is 0 Å². The summed E-state index contributed by atoms with van der Waals surface area (Å²) in [6.45, 7) is 0.716. The number of aromatic nitrogens is 1. The van der Waals surface area contributed by atoms with Gasteiger partial charge in [-0.15, -0.1) is 0 Å². The maximum absolute atomic E-state index is 5.14. The molecule has 0 radical (unpaired) electrons. The summed E-state index contributed by atoms with van der Waals surface area (Å²) >= 11 is 0. The molecule has 1 heterocycles. The van der Waals surface area contributed by atoms with Gasteiger partial charge < -0.3 is 15.4 Å². The van der Waals surface area contributed by atoms with Crippen molar-refractivity contribution in [3.8, 4) is 0 Å². The Labute approximate surface area is 113 Å². The van der Waals surface area contributed by atoms with Crippen molar-refractivity contribution in [2.45, 2.75) is 6.42 Å². The molecule has 4 nitrogen and oxygen atoms in total. The number of para-hydroxylation sites is 1. The highest BCUT2D eigenvalue weighted by molar-refractivity contribution is 5.65. The number of ether oxygens (including phenoxy) is 1. The van der Waals surface area contributed by atoms with Crippen LogP contribution in [-0.4, -0.2) is 25.7 Å². The number of rotatable bonds is 6. The molecule has 4 heteroatoms. The van der Waals surface area contributed by atoms with Crippen molar-refractivity contribution in [2.75, 3.05) is 31.4 Å². The van der Waals surface area contributed by atoms with Gasteiger partial charge in [0.1, 0.15) is 0 Å². The number of benzene rings is 1. The average Bonchev–Trinajstić information content (AvgIpc) is 2.46. The predicted molar refractivity (Wildman–Crippen MR) is 79.1 cm³/mol. The van der Waals surface area contributed by atoms with E-state index in [0.717, 1.165) is 23.5 Å². The van der Waals surface area contributed by atoms with Crippen molar-refractivity contribution in [2.24, 2.45) is 0 Å². The summed E-state index contributed by atoms with van der Waals surface area (Å²) in [7, 11) is 3.60. The van der Waals surface area contributed by atoms with Crippen LogP contribution in [0, 0.1) is 0 Å². The van der Waals surface area contributed by atoms with Gasteiger partial charge in [-0.3, -0.25) is 4.98 Å². The van der Waals surface area contributed by atoms with Crippen LogP contribution in [0.25, 0.3) is 0 Å². The van der Waals surface area contributed by atoms with E-state index in [1.165, 1.54) is 5.56 Å². The fraction of sp³-hybridized carbons (Fsp3) is 0.267. The molecule has 100 valence electrons. The van der Waals surface area contributed by atoms with Gasteiger partial charge in [-0.1, -0.05) is 18.2 Å². The Morgan fingerprint density at radius 2 is 1.95 bits per heavy atom. The van der Waals surface area contributed by atoms with E-state index in [0.29, 0.717) is 6.61 Å². The summed E-state index contributed by atoms with van der Waals surface area (Å²) in [5, 5.41) is 6.48. The largest absolute Gasteiger partial charge is 0.387 e. The van der Waals surface area contributed by atoms with Gasteiger partial charge in [-0.05, 0) is 24.1 Å². The van der Waals surface area contributed by atoms with Gasteiger partial charge in [0.2, 0.25) is 0 Å². The minimum Gasteiger partial charge on any atom is -0.387 e. The molecule has 0 spiro atoms. The zero-order valence-corrected chi connectivity index (χ0v) is 11.3. The highest BCUT2D eigenvalue weighted by atomic mass is 16.5. The summed E-state index contributed by atoms with van der Waals surface area (Å²) in [4.78, 5) is 4.19. The predicted octanol–water partition coefficient (Wildman–Crippen LogP) is 3.06. The number of nitrogens with zero attached hydrogens (tertiary/aromatic N) is 1. The van der Waals surface area contributed by atoms with Gasteiger partial charge in [0.25, 0.3) is 0 Å². The van der Waals surface area contributed by atoms with Crippen molar-refractivity contribution >= 4 is 17.1 Å². The first-order valence-corrected chi connectivity index (χ1v) is 6.30. The summed E-state index contributed by atoms with van der Waals surface area (Å²) in [6, 6.07) is 10.3. The minimum absolute atomic E-state index is 0.716. The maximum atomic E-state index is 5.14. The Kier molecular flexibility index (Phi) is 4.75. The molecule has 0 amide bonds. The first kappa shape index (κ1) is 13.4. The molecule has 0 saturated carbocycles. The summed E-state index contributed by atoms with van der Waals surface area (Å²) < 4.78 is 5.14. The van der Waals surface area contributed by atoms with Gasteiger partial charge in [-0.2, -0.15) is 0 Å². The standard InChI is InChI=1S/C15H19N3O/c1-16-13-9-14(11-17-10-13)18-15-6-4-3-5-12(15)7-8-19-2/h3-6,9-11,16,18H,7-8H2,1-2H3. The van der Waals surface area contributed by atoms with Crippen molar-refractivity contribution in [1.29, 1.82) is 0 Å². The number of hydrogen-bond acceptors (Lipinski definition) is 4. The van der Waals surface area contributed by atoms with Crippen molar-refractivity contribution < 1.29 is 4.74 Å². The lowest BCUT2D eigenvalue weighted by Gasteiger charge is -2.12. The van der Waals surface area contributed by atoms with E-state index < -0.39 is 0 Å². The van der Waals surface area contributed by atoms with Gasteiger partial charge in [0, 0.05) is 19.8 Å². The molecule has 0 aliphatic heterocycles. The molecule has 0 saturated heterocycles. The lowest BCUT2D eigenvalue weighted by atomic mass is 10.1. The fourth-order valence-corrected chi connectivity index (χ4v) is 1.87. The second-order valence-corrected chi connectivity index (χ2v) is 4.24. The molecule has 1 aromatic carbocycles. The second kappa shape index (κ2) is 6.75. The highest BCUT2D eigenvalue weighted by Gasteiger charge is 2.02. The smallest absolute Gasteiger partial charge is 0.0591 e. The maximum Gasteiger partial charge on any atom is 0.0591 e. The Balaban J connectivity index is 2.17. The molecule has 0 atom stereocenters. The van der Waals surface area contributed by atoms with Gasteiger partial charge >= 0.3 is 0 Å². The Bertz CT molecular complexity index is 528. The number of anilines is 3. The molecule has 0 aliphatic carbocycles. The molecule has 0 aliphatic rings. The zero-order valence-electron chi connectivity index (χ0n) is 11.3. The third-order valence-corrected chi connectivity index (χ3v) is 2.90.